The lowest BCUT2D eigenvalue weighted by Gasteiger charge is -2.34. The van der Waals surface area contributed by atoms with Gasteiger partial charge in [0.25, 0.3) is 0 Å². The normalized spacial score (nSPS) is 18.1. The number of fused-ring (bicyclic) bond motifs is 1. The summed E-state index contributed by atoms with van der Waals surface area (Å²) in [6.07, 6.45) is 4.58. The molecule has 0 radical (unpaired) electrons. The highest BCUT2D eigenvalue weighted by Gasteiger charge is 2.29. The van der Waals surface area contributed by atoms with E-state index in [9.17, 15) is 14.3 Å². The maximum absolute atomic E-state index is 16.1. The lowest BCUT2D eigenvalue weighted by atomic mass is 10.1. The number of piperidine rings is 2. The molecule has 1 unspecified atom stereocenters. The first-order valence-electron chi connectivity index (χ1n) is 13.8. The molecule has 6 rings (SSSR count). The van der Waals surface area contributed by atoms with Gasteiger partial charge >= 0.3 is 6.09 Å². The van der Waals surface area contributed by atoms with Crippen LogP contribution >= 0.6 is 0 Å². The van der Waals surface area contributed by atoms with Crippen molar-refractivity contribution in [3.63, 3.8) is 0 Å². The van der Waals surface area contributed by atoms with Crippen LogP contribution in [-0.2, 0) is 11.3 Å². The zero-order valence-corrected chi connectivity index (χ0v) is 22.4. The van der Waals surface area contributed by atoms with Crippen LogP contribution in [0.3, 0.4) is 0 Å². The summed E-state index contributed by atoms with van der Waals surface area (Å²) in [6, 6.07) is 12.5. The van der Waals surface area contributed by atoms with Gasteiger partial charge in [-0.3, -0.25) is 4.40 Å². The smallest absolute Gasteiger partial charge is 0.407 e. The number of nitrogens with zero attached hydrogens (tertiary/aromatic N) is 6. The van der Waals surface area contributed by atoms with Crippen LogP contribution in [0, 0.1) is 11.6 Å². The highest BCUT2D eigenvalue weighted by molar-refractivity contribution is 5.66. The van der Waals surface area contributed by atoms with E-state index in [0.29, 0.717) is 63.3 Å². The van der Waals surface area contributed by atoms with Gasteiger partial charge in [0.15, 0.2) is 17.5 Å². The number of pyridine rings is 1. The molecule has 2 saturated heterocycles. The molecule has 0 spiro atoms. The lowest BCUT2D eigenvalue weighted by molar-refractivity contribution is 0.0250. The minimum Gasteiger partial charge on any atom is -0.465 e. The van der Waals surface area contributed by atoms with E-state index in [-0.39, 0.29) is 36.2 Å². The Balaban J connectivity index is 1.27. The average molecular weight is 564 g/mol. The molecule has 2 aliphatic heterocycles. The average Bonchev–Trinajstić information content (AvgIpc) is 3.41. The van der Waals surface area contributed by atoms with Gasteiger partial charge in [-0.2, -0.15) is 4.39 Å². The summed E-state index contributed by atoms with van der Waals surface area (Å²) in [6.45, 7) is 2.24. The van der Waals surface area contributed by atoms with Gasteiger partial charge in [-0.25, -0.2) is 24.1 Å². The van der Waals surface area contributed by atoms with E-state index in [1.165, 1.54) is 27.8 Å². The van der Waals surface area contributed by atoms with Gasteiger partial charge in [0.1, 0.15) is 17.2 Å². The Hall–Kier alpha value is -4.32. The van der Waals surface area contributed by atoms with Crippen molar-refractivity contribution >= 4 is 23.4 Å². The van der Waals surface area contributed by atoms with E-state index in [0.717, 1.165) is 5.56 Å². The highest BCUT2D eigenvalue weighted by Crippen LogP contribution is 2.31. The number of carbonyl (C=O) groups is 1. The van der Waals surface area contributed by atoms with Gasteiger partial charge in [-0.05, 0) is 43.4 Å². The third-order valence-corrected chi connectivity index (χ3v) is 7.64. The second kappa shape index (κ2) is 11.7. The van der Waals surface area contributed by atoms with E-state index in [2.05, 4.69) is 20.3 Å². The third-order valence-electron chi connectivity index (χ3n) is 7.64. The van der Waals surface area contributed by atoms with Crippen molar-refractivity contribution in [2.24, 2.45) is 0 Å². The standard InChI is InChI=1S/C29H31F2N7O3/c30-20-8-9-24-32-15-23(38(24)16-20)26-34-27(33-21-7-4-12-37(17-21)29(39)40)25(31)28(35-26)36-13-10-22(11-14-36)41-18-19-5-2-1-3-6-19/h1-3,5-6,8-9,15-16,21-22H,4,7,10-14,17-18H2,(H,39,40)(H,33,34,35). The third kappa shape index (κ3) is 5.92. The molecule has 1 aromatic carbocycles. The minimum atomic E-state index is -1.01. The van der Waals surface area contributed by atoms with Crippen LogP contribution in [0.1, 0.15) is 31.2 Å². The fraction of sp³-hybridized carbons (Fsp3) is 0.379. The fourth-order valence-corrected chi connectivity index (χ4v) is 5.46. The summed E-state index contributed by atoms with van der Waals surface area (Å²) < 4.78 is 37.8. The largest absolute Gasteiger partial charge is 0.465 e. The molecule has 12 heteroatoms. The summed E-state index contributed by atoms with van der Waals surface area (Å²) >= 11 is 0. The fourth-order valence-electron chi connectivity index (χ4n) is 5.46. The molecule has 3 aromatic heterocycles. The summed E-state index contributed by atoms with van der Waals surface area (Å²) in [5.41, 5.74) is 2.03. The Morgan fingerprint density at radius 3 is 2.63 bits per heavy atom. The van der Waals surface area contributed by atoms with E-state index in [1.54, 1.807) is 6.07 Å². The summed E-state index contributed by atoms with van der Waals surface area (Å²) in [5, 5.41) is 12.6. The van der Waals surface area contributed by atoms with Crippen molar-refractivity contribution in [2.75, 3.05) is 36.4 Å². The second-order valence-corrected chi connectivity index (χ2v) is 10.4. The van der Waals surface area contributed by atoms with E-state index in [4.69, 9.17) is 4.74 Å². The van der Waals surface area contributed by atoms with Crippen LogP contribution in [0.25, 0.3) is 17.2 Å². The molecule has 0 bridgehead atoms. The van der Waals surface area contributed by atoms with Crippen molar-refractivity contribution < 1.29 is 23.4 Å². The number of ether oxygens (including phenoxy) is 1. The first kappa shape index (κ1) is 26.9. The van der Waals surface area contributed by atoms with Crippen molar-refractivity contribution in [3.8, 4) is 11.5 Å². The molecule has 0 saturated carbocycles. The monoisotopic (exact) mass is 563 g/mol. The number of amides is 1. The van der Waals surface area contributed by atoms with Gasteiger partial charge < -0.3 is 25.0 Å². The maximum Gasteiger partial charge on any atom is 0.407 e. The van der Waals surface area contributed by atoms with Crippen LogP contribution in [0.5, 0.6) is 0 Å². The lowest BCUT2D eigenvalue weighted by Crippen LogP contribution is -2.45. The Morgan fingerprint density at radius 1 is 1.05 bits per heavy atom. The number of hydrogen-bond donors (Lipinski definition) is 2. The number of aromatic nitrogens is 4. The highest BCUT2D eigenvalue weighted by atomic mass is 19.1. The van der Waals surface area contributed by atoms with Gasteiger partial charge in [-0.1, -0.05) is 30.3 Å². The number of likely N-dealkylation sites (tertiary alicyclic amines) is 1. The molecule has 2 fully saturated rings. The second-order valence-electron chi connectivity index (χ2n) is 10.4. The Bertz CT molecular complexity index is 1530. The van der Waals surface area contributed by atoms with Crippen LogP contribution in [0.4, 0.5) is 25.2 Å². The molecular weight excluding hydrogens is 532 g/mol. The zero-order chi connectivity index (χ0) is 28.3. The molecule has 2 aliphatic rings. The molecule has 5 heterocycles. The van der Waals surface area contributed by atoms with Crippen LogP contribution in [0.15, 0.2) is 54.9 Å². The quantitative estimate of drug-likeness (QED) is 0.330. The number of hydrogen-bond acceptors (Lipinski definition) is 7. The minimum absolute atomic E-state index is 0.0176. The van der Waals surface area contributed by atoms with Crippen molar-refractivity contribution in [1.82, 2.24) is 24.3 Å². The van der Waals surface area contributed by atoms with Crippen LogP contribution in [0.2, 0.25) is 0 Å². The summed E-state index contributed by atoms with van der Waals surface area (Å²) in [7, 11) is 0. The maximum atomic E-state index is 16.1. The number of rotatable bonds is 7. The SMILES string of the molecule is O=C(O)N1CCCC(Nc2nc(-c3cnc4ccc(F)cn34)nc(N3CCC(OCc4ccccc4)CC3)c2F)C1. The van der Waals surface area contributed by atoms with Crippen LogP contribution < -0.4 is 10.2 Å². The number of carboxylic acid groups (broad SMARTS) is 1. The molecule has 4 aromatic rings. The number of halogens is 2. The Morgan fingerprint density at radius 2 is 1.85 bits per heavy atom. The first-order valence-corrected chi connectivity index (χ1v) is 13.8. The number of nitrogens with one attached hydrogen (secondary N) is 1. The predicted octanol–water partition coefficient (Wildman–Crippen LogP) is 4.81. The molecule has 41 heavy (non-hydrogen) atoms. The van der Waals surface area contributed by atoms with Gasteiger partial charge in [0, 0.05) is 38.4 Å². The van der Waals surface area contributed by atoms with E-state index in [1.807, 2.05) is 35.2 Å². The van der Waals surface area contributed by atoms with Crippen molar-refractivity contribution in [2.45, 2.75) is 44.4 Å². The van der Waals surface area contributed by atoms with Crippen LogP contribution in [-0.4, -0.2) is 73.8 Å². The summed E-state index contributed by atoms with van der Waals surface area (Å²) in [4.78, 5) is 28.2. The molecule has 1 atom stereocenters. The molecule has 214 valence electrons. The van der Waals surface area contributed by atoms with Crippen molar-refractivity contribution in [1.29, 1.82) is 0 Å². The zero-order valence-electron chi connectivity index (χ0n) is 22.4. The number of anilines is 2. The van der Waals surface area contributed by atoms with Gasteiger partial charge in [0.05, 0.1) is 18.9 Å². The first-order chi connectivity index (χ1) is 19.9. The molecule has 1 amide bonds. The molecular formula is C29H31F2N7O3. The van der Waals surface area contributed by atoms with E-state index < -0.39 is 17.7 Å². The number of imidazole rings is 1. The summed E-state index contributed by atoms with van der Waals surface area (Å²) in [5.74, 6) is -0.751. The Labute approximate surface area is 235 Å². The topological polar surface area (TPSA) is 108 Å². The Kier molecular flexibility index (Phi) is 7.64. The molecule has 2 N–H and O–H groups in total. The molecule has 10 nitrogen and oxygen atoms in total. The predicted molar refractivity (Wildman–Crippen MR) is 149 cm³/mol. The van der Waals surface area contributed by atoms with E-state index >= 15 is 4.39 Å². The van der Waals surface area contributed by atoms with Crippen molar-refractivity contribution in [3.05, 3.63) is 72.1 Å². The van der Waals surface area contributed by atoms with Gasteiger partial charge in [0.2, 0.25) is 5.82 Å². The van der Waals surface area contributed by atoms with Gasteiger partial charge in [-0.15, -0.1) is 0 Å². The number of benzene rings is 1. The molecule has 0 aliphatic carbocycles.